The lowest BCUT2D eigenvalue weighted by Gasteiger charge is -2.25. The van der Waals surface area contributed by atoms with Crippen molar-refractivity contribution in [2.24, 2.45) is 0 Å². The zero-order chi connectivity index (χ0) is 20.8. The van der Waals surface area contributed by atoms with Crippen LogP contribution in [0.2, 0.25) is 0 Å². The maximum Gasteiger partial charge on any atom is 0.312 e. The molecule has 1 aliphatic rings. The number of phenols is 2. The zero-order valence-electron chi connectivity index (χ0n) is 15.5. The first kappa shape index (κ1) is 17.9. The van der Waals surface area contributed by atoms with Gasteiger partial charge < -0.3 is 19.4 Å². The Hall–Kier alpha value is -4.13. The highest BCUT2D eigenvalue weighted by molar-refractivity contribution is 5.94. The van der Waals surface area contributed by atoms with Crippen molar-refractivity contribution in [1.29, 1.82) is 0 Å². The smallest absolute Gasteiger partial charge is 0.312 e. The number of phenolic OH excluding ortho intramolecular Hbond substituents is 2. The van der Waals surface area contributed by atoms with Crippen molar-refractivity contribution < 1.29 is 24.2 Å². The number of pyridine rings is 1. The summed E-state index contributed by atoms with van der Waals surface area (Å²) in [6.07, 6.45) is 4.63. The van der Waals surface area contributed by atoms with Crippen LogP contribution in [0.25, 0.3) is 22.1 Å². The average molecular weight is 401 g/mol. The molecule has 0 fully saturated rings. The summed E-state index contributed by atoms with van der Waals surface area (Å²) < 4.78 is 11.2. The topological polar surface area (TPSA) is 110 Å². The highest BCUT2D eigenvalue weighted by Crippen LogP contribution is 2.45. The summed E-state index contributed by atoms with van der Waals surface area (Å²) in [7, 11) is 0. The predicted octanol–water partition coefficient (Wildman–Crippen LogP) is 3.71. The fourth-order valence-electron chi connectivity index (χ4n) is 3.85. The Morgan fingerprint density at radius 3 is 2.47 bits per heavy atom. The first-order chi connectivity index (χ1) is 14.5. The second kappa shape index (κ2) is 6.73. The Balaban J connectivity index is 1.79. The molecule has 0 saturated heterocycles. The largest absolute Gasteiger partial charge is 0.508 e. The molecule has 0 saturated carbocycles. The summed E-state index contributed by atoms with van der Waals surface area (Å²) in [6.45, 7) is 0. The van der Waals surface area contributed by atoms with Crippen LogP contribution in [0, 0.1) is 0 Å². The summed E-state index contributed by atoms with van der Waals surface area (Å²) in [5.41, 5.74) is 1.88. The first-order valence-corrected chi connectivity index (χ1v) is 9.24. The number of ether oxygens (including phenoxy) is 1. The maximum absolute atomic E-state index is 13.2. The molecule has 148 valence electrons. The molecule has 1 atom stereocenters. The number of nitrogens with zero attached hydrogens (tertiary/aromatic N) is 1. The lowest BCUT2D eigenvalue weighted by Crippen LogP contribution is -2.22. The van der Waals surface area contributed by atoms with Crippen LogP contribution in [0.15, 0.2) is 70.3 Å². The lowest BCUT2D eigenvalue weighted by molar-refractivity contribution is -0.135. The number of aromatic hydroxyl groups is 2. The molecular weight excluding hydrogens is 386 g/mol. The van der Waals surface area contributed by atoms with Gasteiger partial charge in [0.05, 0.1) is 12.0 Å². The number of aromatic nitrogens is 1. The molecule has 0 aliphatic carbocycles. The van der Waals surface area contributed by atoms with Crippen LogP contribution in [0.1, 0.15) is 23.5 Å². The quantitative estimate of drug-likeness (QED) is 0.389. The van der Waals surface area contributed by atoms with Crippen LogP contribution >= 0.6 is 0 Å². The molecule has 5 rings (SSSR count). The third-order valence-electron chi connectivity index (χ3n) is 5.26. The molecule has 1 unspecified atom stereocenters. The number of hydrogen-bond acceptors (Lipinski definition) is 7. The third kappa shape index (κ3) is 2.79. The fraction of sp³-hybridized carbons (Fsp3) is 0.0870. The van der Waals surface area contributed by atoms with E-state index in [1.165, 1.54) is 24.5 Å². The zero-order valence-corrected chi connectivity index (χ0v) is 15.5. The van der Waals surface area contributed by atoms with Crippen molar-refractivity contribution in [2.75, 3.05) is 0 Å². The van der Waals surface area contributed by atoms with Crippen LogP contribution < -0.4 is 10.2 Å². The molecule has 0 radical (unpaired) electrons. The minimum Gasteiger partial charge on any atom is -0.508 e. The van der Waals surface area contributed by atoms with Crippen molar-refractivity contribution in [2.45, 2.75) is 12.3 Å². The van der Waals surface area contributed by atoms with Gasteiger partial charge in [0.25, 0.3) is 0 Å². The van der Waals surface area contributed by atoms with Crippen LogP contribution in [0.5, 0.6) is 17.2 Å². The van der Waals surface area contributed by atoms with Gasteiger partial charge in [0.1, 0.15) is 34.5 Å². The van der Waals surface area contributed by atoms with E-state index >= 15 is 0 Å². The molecule has 30 heavy (non-hydrogen) atoms. The van der Waals surface area contributed by atoms with Crippen LogP contribution in [0.3, 0.4) is 0 Å². The lowest BCUT2D eigenvalue weighted by atomic mass is 9.85. The molecule has 2 aromatic carbocycles. The van der Waals surface area contributed by atoms with Crippen molar-refractivity contribution in [3.05, 3.63) is 82.5 Å². The molecule has 7 heteroatoms. The highest BCUT2D eigenvalue weighted by atomic mass is 16.5. The van der Waals surface area contributed by atoms with Gasteiger partial charge in [-0.2, -0.15) is 0 Å². The van der Waals surface area contributed by atoms with E-state index in [2.05, 4.69) is 4.98 Å². The second-order valence-electron chi connectivity index (χ2n) is 7.05. The predicted molar refractivity (Wildman–Crippen MR) is 108 cm³/mol. The van der Waals surface area contributed by atoms with E-state index in [1.54, 1.807) is 36.7 Å². The van der Waals surface area contributed by atoms with E-state index in [-0.39, 0.29) is 40.2 Å². The van der Waals surface area contributed by atoms with Gasteiger partial charge in [0.2, 0.25) is 5.43 Å². The van der Waals surface area contributed by atoms with Crippen molar-refractivity contribution in [1.82, 2.24) is 4.98 Å². The number of carbonyl (C=O) groups excluding carboxylic acids is 1. The monoisotopic (exact) mass is 401 g/mol. The van der Waals surface area contributed by atoms with Gasteiger partial charge in [-0.3, -0.25) is 14.6 Å². The summed E-state index contributed by atoms with van der Waals surface area (Å²) in [6, 6.07) is 11.0. The van der Waals surface area contributed by atoms with Gasteiger partial charge >= 0.3 is 5.97 Å². The molecular formula is C23H15NO6. The number of hydrogen-bond donors (Lipinski definition) is 2. The normalized spacial score (nSPS) is 15.6. The first-order valence-electron chi connectivity index (χ1n) is 9.24. The Morgan fingerprint density at radius 1 is 1.00 bits per heavy atom. The van der Waals surface area contributed by atoms with Crippen LogP contribution in [0.4, 0.5) is 0 Å². The number of rotatable bonds is 2. The number of benzene rings is 2. The number of fused-ring (bicyclic) bond motifs is 3. The summed E-state index contributed by atoms with van der Waals surface area (Å²) in [5, 5.41) is 20.1. The number of carbonyl (C=O) groups is 1. The van der Waals surface area contributed by atoms with Gasteiger partial charge in [0.15, 0.2) is 0 Å². The Morgan fingerprint density at radius 2 is 1.73 bits per heavy atom. The van der Waals surface area contributed by atoms with Crippen molar-refractivity contribution >= 4 is 16.9 Å². The molecule has 0 spiro atoms. The minimum absolute atomic E-state index is 0.0105. The second-order valence-corrected chi connectivity index (χ2v) is 7.05. The molecule has 4 aromatic rings. The van der Waals surface area contributed by atoms with E-state index in [1.807, 2.05) is 0 Å². The molecule has 0 bridgehead atoms. The SMILES string of the molecule is O=C1CC(c2ccncc2)c2c(cc(O)c3c(=O)c(-c4ccc(O)cc4)coc23)O1. The average Bonchev–Trinajstić information content (AvgIpc) is 2.74. The molecule has 7 nitrogen and oxygen atoms in total. The van der Waals surface area contributed by atoms with Crippen LogP contribution in [-0.4, -0.2) is 21.2 Å². The molecule has 2 N–H and O–H groups in total. The summed E-state index contributed by atoms with van der Waals surface area (Å²) >= 11 is 0. The minimum atomic E-state index is -0.439. The van der Waals surface area contributed by atoms with Gasteiger partial charge in [-0.25, -0.2) is 0 Å². The van der Waals surface area contributed by atoms with Gasteiger partial charge in [-0.1, -0.05) is 12.1 Å². The Bertz CT molecular complexity index is 1340. The Labute approximate surface area is 169 Å². The molecule has 0 amide bonds. The number of esters is 1. The molecule has 1 aliphatic heterocycles. The van der Waals surface area contributed by atoms with E-state index in [9.17, 15) is 19.8 Å². The van der Waals surface area contributed by atoms with E-state index < -0.39 is 17.3 Å². The Kier molecular flexibility index (Phi) is 4.03. The molecule has 2 aromatic heterocycles. The summed E-state index contributed by atoms with van der Waals surface area (Å²) in [5.74, 6) is -0.941. The van der Waals surface area contributed by atoms with Crippen LogP contribution in [-0.2, 0) is 4.79 Å². The fourth-order valence-corrected chi connectivity index (χ4v) is 3.85. The van der Waals surface area contributed by atoms with Crippen molar-refractivity contribution in [3.8, 4) is 28.4 Å². The maximum atomic E-state index is 13.2. The highest BCUT2D eigenvalue weighted by Gasteiger charge is 2.33. The van der Waals surface area contributed by atoms with E-state index in [4.69, 9.17) is 9.15 Å². The third-order valence-corrected chi connectivity index (χ3v) is 5.26. The summed E-state index contributed by atoms with van der Waals surface area (Å²) in [4.78, 5) is 29.4. The van der Waals surface area contributed by atoms with E-state index in [0.717, 1.165) is 5.56 Å². The standard InChI is InChI=1S/C23H15NO6/c25-14-3-1-12(2-4-14)16-11-29-23-20-15(13-5-7-24-8-6-13)9-19(27)30-18(20)10-17(26)21(23)22(16)28/h1-8,10-11,15,25-26H,9H2. The van der Waals surface area contributed by atoms with Gasteiger partial charge in [-0.05, 0) is 35.4 Å². The molecule has 3 heterocycles. The van der Waals surface area contributed by atoms with Crippen molar-refractivity contribution in [3.63, 3.8) is 0 Å². The van der Waals surface area contributed by atoms with Gasteiger partial charge in [-0.15, -0.1) is 0 Å². The van der Waals surface area contributed by atoms with E-state index in [0.29, 0.717) is 11.1 Å². The van der Waals surface area contributed by atoms with Gasteiger partial charge in [0, 0.05) is 29.9 Å².